The lowest BCUT2D eigenvalue weighted by Crippen LogP contribution is -2.44. The van der Waals surface area contributed by atoms with Gasteiger partial charge >= 0.3 is 6.09 Å². The molecule has 0 bridgehead atoms. The quantitative estimate of drug-likeness (QED) is 0.259. The van der Waals surface area contributed by atoms with Gasteiger partial charge in [-0.15, -0.1) is 24.0 Å². The van der Waals surface area contributed by atoms with E-state index >= 15 is 0 Å². The first-order valence-corrected chi connectivity index (χ1v) is 8.88. The predicted octanol–water partition coefficient (Wildman–Crippen LogP) is 2.60. The van der Waals surface area contributed by atoms with Crippen molar-refractivity contribution in [3.63, 3.8) is 0 Å². The number of rotatable bonds is 7. The molecule has 1 aliphatic rings. The first kappa shape index (κ1) is 24.2. The molecule has 1 aliphatic heterocycles. The number of nitrogens with one attached hydrogen (secondary N) is 2. The Morgan fingerprint density at radius 3 is 2.64 bits per heavy atom. The highest BCUT2D eigenvalue weighted by atomic mass is 127. The van der Waals surface area contributed by atoms with Crippen LogP contribution >= 0.6 is 24.0 Å². The highest BCUT2D eigenvalue weighted by molar-refractivity contribution is 14.0. The number of ether oxygens (including phenoxy) is 2. The molecule has 0 spiro atoms. The molecular formula is C17H35IN4O3. The molecule has 1 unspecified atom stereocenters. The Balaban J connectivity index is 0.00000576. The van der Waals surface area contributed by atoms with E-state index < -0.39 is 5.60 Å². The third-order valence-corrected chi connectivity index (χ3v) is 3.62. The first-order chi connectivity index (χ1) is 11.4. The van der Waals surface area contributed by atoms with E-state index in [1.165, 1.54) is 0 Å². The van der Waals surface area contributed by atoms with Crippen LogP contribution in [0.25, 0.3) is 0 Å². The van der Waals surface area contributed by atoms with Crippen molar-refractivity contribution in [1.29, 1.82) is 0 Å². The monoisotopic (exact) mass is 470 g/mol. The highest BCUT2D eigenvalue weighted by Gasteiger charge is 2.27. The van der Waals surface area contributed by atoms with Gasteiger partial charge in [0.1, 0.15) is 5.60 Å². The molecule has 8 heteroatoms. The fraction of sp³-hybridized carbons (Fsp3) is 0.882. The standard InChI is InChI=1S/C17H34N4O3.HI/c1-6-23-12-8-7-10-19-15(18-5)21-11-9-14(13-21)20-16(22)24-17(2,3)4;/h14H,6-13H2,1-5H3,(H,18,19)(H,20,22);1H. The maximum Gasteiger partial charge on any atom is 0.407 e. The molecule has 25 heavy (non-hydrogen) atoms. The molecule has 0 saturated carbocycles. The summed E-state index contributed by atoms with van der Waals surface area (Å²) in [7, 11) is 1.79. The van der Waals surface area contributed by atoms with Crippen molar-refractivity contribution in [3.05, 3.63) is 0 Å². The van der Waals surface area contributed by atoms with Crippen LogP contribution in [0, 0.1) is 0 Å². The van der Waals surface area contributed by atoms with Crippen LogP contribution in [0.3, 0.4) is 0 Å². The third-order valence-electron chi connectivity index (χ3n) is 3.62. The molecule has 7 nitrogen and oxygen atoms in total. The van der Waals surface area contributed by atoms with E-state index in [2.05, 4.69) is 20.5 Å². The molecule has 2 N–H and O–H groups in total. The van der Waals surface area contributed by atoms with Gasteiger partial charge in [0.2, 0.25) is 0 Å². The summed E-state index contributed by atoms with van der Waals surface area (Å²) >= 11 is 0. The summed E-state index contributed by atoms with van der Waals surface area (Å²) in [5.41, 5.74) is -0.471. The first-order valence-electron chi connectivity index (χ1n) is 8.88. The summed E-state index contributed by atoms with van der Waals surface area (Å²) in [6, 6.07) is 0.0938. The minimum atomic E-state index is -0.471. The minimum Gasteiger partial charge on any atom is -0.444 e. The van der Waals surface area contributed by atoms with Gasteiger partial charge in [0.15, 0.2) is 5.96 Å². The Labute approximate surface area is 169 Å². The Morgan fingerprint density at radius 2 is 2.04 bits per heavy atom. The maximum absolute atomic E-state index is 11.8. The average Bonchev–Trinajstić information content (AvgIpc) is 2.92. The molecule has 0 aromatic rings. The number of carbonyl (C=O) groups excluding carboxylic acids is 1. The lowest BCUT2D eigenvalue weighted by atomic mass is 10.2. The van der Waals surface area contributed by atoms with Crippen molar-refractivity contribution < 1.29 is 14.3 Å². The molecule has 1 fully saturated rings. The predicted molar refractivity (Wildman–Crippen MR) is 112 cm³/mol. The number of guanidine groups is 1. The van der Waals surface area contributed by atoms with Crippen LogP contribution in [0.2, 0.25) is 0 Å². The molecule has 0 radical (unpaired) electrons. The van der Waals surface area contributed by atoms with Crippen molar-refractivity contribution in [2.45, 2.75) is 58.6 Å². The van der Waals surface area contributed by atoms with Crippen LogP contribution in [0.1, 0.15) is 47.0 Å². The van der Waals surface area contributed by atoms with Crippen LogP contribution in [0.15, 0.2) is 4.99 Å². The second-order valence-corrected chi connectivity index (χ2v) is 6.96. The second kappa shape index (κ2) is 12.6. The Bertz CT molecular complexity index is 413. The molecule has 1 saturated heterocycles. The summed E-state index contributed by atoms with van der Waals surface area (Å²) in [6.45, 7) is 11.7. The van der Waals surface area contributed by atoms with Crippen molar-refractivity contribution in [2.75, 3.05) is 39.9 Å². The topological polar surface area (TPSA) is 75.2 Å². The normalized spacial score (nSPS) is 17.9. The summed E-state index contributed by atoms with van der Waals surface area (Å²) in [4.78, 5) is 18.4. The Hall–Kier alpha value is -0.770. The lowest BCUT2D eigenvalue weighted by Gasteiger charge is -2.23. The van der Waals surface area contributed by atoms with E-state index in [9.17, 15) is 4.79 Å². The minimum absolute atomic E-state index is 0. The number of carbonyl (C=O) groups is 1. The number of halogens is 1. The van der Waals surface area contributed by atoms with Gasteiger partial charge in [-0.2, -0.15) is 0 Å². The van der Waals surface area contributed by atoms with E-state index in [-0.39, 0.29) is 36.1 Å². The lowest BCUT2D eigenvalue weighted by molar-refractivity contribution is 0.0507. The van der Waals surface area contributed by atoms with Crippen LogP contribution < -0.4 is 10.6 Å². The van der Waals surface area contributed by atoms with Crippen molar-refractivity contribution in [1.82, 2.24) is 15.5 Å². The van der Waals surface area contributed by atoms with Gasteiger partial charge in [-0.05, 0) is 47.0 Å². The second-order valence-electron chi connectivity index (χ2n) is 6.96. The van der Waals surface area contributed by atoms with Gasteiger partial charge in [0.25, 0.3) is 0 Å². The zero-order valence-corrected chi connectivity index (χ0v) is 18.6. The van der Waals surface area contributed by atoms with Gasteiger partial charge in [-0.1, -0.05) is 0 Å². The molecule has 0 aromatic carbocycles. The van der Waals surface area contributed by atoms with Crippen LogP contribution in [0.5, 0.6) is 0 Å². The third kappa shape index (κ3) is 10.7. The number of amides is 1. The number of hydrogen-bond acceptors (Lipinski definition) is 4. The van der Waals surface area contributed by atoms with Gasteiger partial charge in [0, 0.05) is 39.9 Å². The number of nitrogens with zero attached hydrogens (tertiary/aromatic N) is 2. The fourth-order valence-corrected chi connectivity index (χ4v) is 2.55. The summed E-state index contributed by atoms with van der Waals surface area (Å²) < 4.78 is 10.6. The fourth-order valence-electron chi connectivity index (χ4n) is 2.55. The number of likely N-dealkylation sites (tertiary alicyclic amines) is 1. The van der Waals surface area contributed by atoms with E-state index in [4.69, 9.17) is 9.47 Å². The Morgan fingerprint density at radius 1 is 1.32 bits per heavy atom. The highest BCUT2D eigenvalue weighted by Crippen LogP contribution is 2.12. The molecule has 1 amide bonds. The van der Waals surface area contributed by atoms with E-state index in [1.807, 2.05) is 27.7 Å². The SMILES string of the molecule is CCOCCCCNC(=NC)N1CCC(NC(=O)OC(C)(C)C)C1.I. The van der Waals surface area contributed by atoms with Gasteiger partial charge in [-0.25, -0.2) is 4.79 Å². The molecule has 1 rings (SSSR count). The van der Waals surface area contributed by atoms with Crippen molar-refractivity contribution >= 4 is 36.0 Å². The summed E-state index contributed by atoms with van der Waals surface area (Å²) in [5.74, 6) is 0.889. The van der Waals surface area contributed by atoms with Gasteiger partial charge in [-0.3, -0.25) is 4.99 Å². The number of aliphatic imine (C=N–C) groups is 1. The number of unbranched alkanes of at least 4 members (excludes halogenated alkanes) is 1. The smallest absolute Gasteiger partial charge is 0.407 e. The molecule has 1 atom stereocenters. The average molecular weight is 470 g/mol. The van der Waals surface area contributed by atoms with E-state index in [0.717, 1.165) is 58.1 Å². The number of alkyl carbamates (subject to hydrolysis) is 1. The van der Waals surface area contributed by atoms with Gasteiger partial charge in [0.05, 0.1) is 6.04 Å². The van der Waals surface area contributed by atoms with E-state index in [0.29, 0.717) is 0 Å². The molecule has 1 heterocycles. The molecular weight excluding hydrogens is 435 g/mol. The van der Waals surface area contributed by atoms with Crippen LogP contribution in [-0.2, 0) is 9.47 Å². The van der Waals surface area contributed by atoms with Crippen molar-refractivity contribution in [2.24, 2.45) is 4.99 Å². The van der Waals surface area contributed by atoms with Crippen LogP contribution in [0.4, 0.5) is 4.79 Å². The zero-order valence-electron chi connectivity index (χ0n) is 16.3. The van der Waals surface area contributed by atoms with Gasteiger partial charge < -0.3 is 25.0 Å². The zero-order chi connectivity index (χ0) is 18.0. The van der Waals surface area contributed by atoms with Crippen molar-refractivity contribution in [3.8, 4) is 0 Å². The van der Waals surface area contributed by atoms with Crippen LogP contribution in [-0.4, -0.2) is 68.5 Å². The Kier molecular flexibility index (Phi) is 12.2. The summed E-state index contributed by atoms with van der Waals surface area (Å²) in [6.07, 6.45) is 2.63. The van der Waals surface area contributed by atoms with E-state index in [1.54, 1.807) is 7.05 Å². The largest absolute Gasteiger partial charge is 0.444 e. The molecule has 0 aliphatic carbocycles. The maximum atomic E-state index is 11.8. The summed E-state index contributed by atoms with van der Waals surface area (Å²) in [5, 5.41) is 6.31. The molecule has 0 aromatic heterocycles. The molecule has 148 valence electrons. The number of hydrogen-bond donors (Lipinski definition) is 2.